The number of halogens is 2. The number of ketones is 1. The molecule has 0 unspecified atom stereocenters. The van der Waals surface area contributed by atoms with Crippen LogP contribution in [-0.4, -0.2) is 11.1 Å². The van der Waals surface area contributed by atoms with Crippen molar-refractivity contribution in [1.82, 2.24) is 0 Å². The highest BCUT2D eigenvalue weighted by atomic mass is 79.9. The molecule has 4 heteroatoms. The molecule has 0 spiro atoms. The molecule has 0 saturated heterocycles. The molecule has 1 aromatic carbocycles. The van der Waals surface area contributed by atoms with E-state index in [1.165, 1.54) is 6.07 Å². The number of rotatable bonds is 2. The first-order valence-electron chi connectivity index (χ1n) is 3.71. The van der Waals surface area contributed by atoms with Crippen LogP contribution in [0, 0.1) is 12.7 Å². The van der Waals surface area contributed by atoms with Crippen LogP contribution in [0.1, 0.15) is 15.9 Å². The first-order valence-corrected chi connectivity index (χ1v) is 4.83. The molecule has 13 heavy (non-hydrogen) atoms. The summed E-state index contributed by atoms with van der Waals surface area (Å²) >= 11 is 2.97. The van der Waals surface area contributed by atoms with E-state index in [2.05, 4.69) is 15.9 Å². The summed E-state index contributed by atoms with van der Waals surface area (Å²) in [7, 11) is 0. The van der Waals surface area contributed by atoms with Gasteiger partial charge in [0.25, 0.3) is 0 Å². The molecule has 2 N–H and O–H groups in total. The van der Waals surface area contributed by atoms with Gasteiger partial charge in [0, 0.05) is 5.69 Å². The van der Waals surface area contributed by atoms with Gasteiger partial charge in [-0.05, 0) is 18.6 Å². The van der Waals surface area contributed by atoms with E-state index < -0.39 is 5.82 Å². The molecule has 0 radical (unpaired) electrons. The Bertz CT molecular complexity index is 352. The van der Waals surface area contributed by atoms with Gasteiger partial charge in [0.05, 0.1) is 10.9 Å². The fraction of sp³-hybridized carbons (Fsp3) is 0.222. The van der Waals surface area contributed by atoms with Gasteiger partial charge in [-0.1, -0.05) is 22.0 Å². The summed E-state index contributed by atoms with van der Waals surface area (Å²) in [6.45, 7) is 1.74. The van der Waals surface area contributed by atoms with Crippen LogP contribution >= 0.6 is 15.9 Å². The van der Waals surface area contributed by atoms with Gasteiger partial charge in [0.15, 0.2) is 5.78 Å². The second-order valence-corrected chi connectivity index (χ2v) is 3.27. The summed E-state index contributed by atoms with van der Waals surface area (Å²) in [5, 5.41) is 0.0809. The lowest BCUT2D eigenvalue weighted by Crippen LogP contribution is -2.09. The molecule has 0 aliphatic heterocycles. The lowest BCUT2D eigenvalue weighted by molar-refractivity contribution is 0.102. The molecule has 70 valence electrons. The second kappa shape index (κ2) is 3.87. The van der Waals surface area contributed by atoms with Crippen molar-refractivity contribution in [1.29, 1.82) is 0 Å². The number of Topliss-reactive ketones (excluding diaryl/α,β-unsaturated/α-hetero) is 1. The Morgan fingerprint density at radius 3 is 2.77 bits per heavy atom. The molecule has 0 atom stereocenters. The Kier molecular flexibility index (Phi) is 3.03. The Labute approximate surface area is 84.1 Å². The number of alkyl halides is 1. The maximum atomic E-state index is 13.1. The molecule has 0 bridgehead atoms. The lowest BCUT2D eigenvalue weighted by atomic mass is 10.1. The standard InChI is InChI=1S/C9H9BrFNO/c1-5-2-3-6(11)8(9(5)12)7(13)4-10/h2-3H,4,12H2,1H3. The zero-order valence-electron chi connectivity index (χ0n) is 7.10. The SMILES string of the molecule is Cc1ccc(F)c(C(=O)CBr)c1N. The second-order valence-electron chi connectivity index (χ2n) is 2.71. The molecule has 0 aliphatic rings. The third kappa shape index (κ3) is 1.88. The Morgan fingerprint density at radius 1 is 1.62 bits per heavy atom. The highest BCUT2D eigenvalue weighted by Gasteiger charge is 2.15. The predicted molar refractivity (Wildman–Crippen MR) is 53.7 cm³/mol. The van der Waals surface area contributed by atoms with Gasteiger partial charge >= 0.3 is 0 Å². The van der Waals surface area contributed by atoms with Crippen LogP contribution in [0.2, 0.25) is 0 Å². The van der Waals surface area contributed by atoms with Gasteiger partial charge in [-0.3, -0.25) is 4.79 Å². The van der Waals surface area contributed by atoms with Crippen molar-refractivity contribution in [3.05, 3.63) is 29.1 Å². The number of carbonyl (C=O) groups excluding carboxylic acids is 1. The third-order valence-electron chi connectivity index (χ3n) is 1.81. The molecule has 0 aliphatic carbocycles. The van der Waals surface area contributed by atoms with Gasteiger partial charge in [-0.2, -0.15) is 0 Å². The van der Waals surface area contributed by atoms with Crippen molar-refractivity contribution in [2.75, 3.05) is 11.1 Å². The molecule has 1 rings (SSSR count). The van der Waals surface area contributed by atoms with E-state index in [1.54, 1.807) is 13.0 Å². The van der Waals surface area contributed by atoms with Gasteiger partial charge in [0.1, 0.15) is 5.82 Å². The van der Waals surface area contributed by atoms with E-state index in [9.17, 15) is 9.18 Å². The number of nitrogens with two attached hydrogens (primary N) is 1. The van der Waals surface area contributed by atoms with E-state index in [4.69, 9.17) is 5.73 Å². The van der Waals surface area contributed by atoms with E-state index in [1.807, 2.05) is 0 Å². The van der Waals surface area contributed by atoms with Crippen molar-refractivity contribution in [3.63, 3.8) is 0 Å². The molecule has 0 heterocycles. The van der Waals surface area contributed by atoms with Crippen molar-refractivity contribution in [2.45, 2.75) is 6.92 Å². The summed E-state index contributed by atoms with van der Waals surface area (Å²) in [5.74, 6) is -0.897. The van der Waals surface area contributed by atoms with Gasteiger partial charge in [0.2, 0.25) is 0 Å². The molecular weight excluding hydrogens is 237 g/mol. The van der Waals surface area contributed by atoms with Crippen molar-refractivity contribution < 1.29 is 9.18 Å². The molecule has 0 saturated carbocycles. The fourth-order valence-corrected chi connectivity index (χ4v) is 1.33. The highest BCUT2D eigenvalue weighted by Crippen LogP contribution is 2.21. The normalized spacial score (nSPS) is 10.1. The van der Waals surface area contributed by atoms with Crippen LogP contribution in [0.4, 0.5) is 10.1 Å². The number of benzene rings is 1. The largest absolute Gasteiger partial charge is 0.398 e. The maximum Gasteiger partial charge on any atom is 0.178 e. The summed E-state index contributed by atoms with van der Waals surface area (Å²) in [4.78, 5) is 11.2. The van der Waals surface area contributed by atoms with Crippen molar-refractivity contribution in [3.8, 4) is 0 Å². The van der Waals surface area contributed by atoms with Crippen LogP contribution in [-0.2, 0) is 0 Å². The average Bonchev–Trinajstić information content (AvgIpc) is 2.12. The highest BCUT2D eigenvalue weighted by molar-refractivity contribution is 9.09. The monoisotopic (exact) mass is 245 g/mol. The summed E-state index contributed by atoms with van der Waals surface area (Å²) < 4.78 is 13.1. The Balaban J connectivity index is 3.33. The van der Waals surface area contributed by atoms with Crippen LogP contribution in [0.5, 0.6) is 0 Å². The first-order chi connectivity index (χ1) is 6.07. The van der Waals surface area contributed by atoms with Crippen molar-refractivity contribution >= 4 is 27.4 Å². The number of carbonyl (C=O) groups is 1. The summed E-state index contributed by atoms with van der Waals surface area (Å²) in [6.07, 6.45) is 0. The van der Waals surface area contributed by atoms with Crippen LogP contribution in [0.25, 0.3) is 0 Å². The average molecular weight is 246 g/mol. The smallest absolute Gasteiger partial charge is 0.178 e. The van der Waals surface area contributed by atoms with Crippen LogP contribution in [0.15, 0.2) is 12.1 Å². The topological polar surface area (TPSA) is 43.1 Å². The molecule has 0 aromatic heterocycles. The van der Waals surface area contributed by atoms with Gasteiger partial charge < -0.3 is 5.73 Å². The van der Waals surface area contributed by atoms with Gasteiger partial charge in [-0.15, -0.1) is 0 Å². The van der Waals surface area contributed by atoms with Gasteiger partial charge in [-0.25, -0.2) is 4.39 Å². The third-order valence-corrected chi connectivity index (χ3v) is 2.32. The maximum absolute atomic E-state index is 13.1. The summed E-state index contributed by atoms with van der Waals surface area (Å²) in [5.41, 5.74) is 6.50. The first kappa shape index (κ1) is 10.2. The number of aryl methyl sites for hydroxylation is 1. The minimum Gasteiger partial charge on any atom is -0.398 e. The molecule has 0 fully saturated rings. The lowest BCUT2D eigenvalue weighted by Gasteiger charge is -2.06. The van der Waals surface area contributed by atoms with Crippen molar-refractivity contribution in [2.24, 2.45) is 0 Å². The molecule has 1 aromatic rings. The molecule has 2 nitrogen and oxygen atoms in total. The van der Waals surface area contributed by atoms with Crippen LogP contribution in [0.3, 0.4) is 0 Å². The van der Waals surface area contributed by atoms with Crippen LogP contribution < -0.4 is 5.73 Å². The minimum absolute atomic E-state index is 0.0168. The van der Waals surface area contributed by atoms with E-state index >= 15 is 0 Å². The van der Waals surface area contributed by atoms with E-state index in [-0.39, 0.29) is 22.4 Å². The molecular formula is C9H9BrFNO. The zero-order chi connectivity index (χ0) is 10.0. The Hall–Kier alpha value is -0.900. The zero-order valence-corrected chi connectivity index (χ0v) is 8.69. The number of hydrogen-bond donors (Lipinski definition) is 1. The molecule has 0 amide bonds. The predicted octanol–water partition coefficient (Wildman–Crippen LogP) is 2.29. The minimum atomic E-state index is -0.562. The summed E-state index contributed by atoms with van der Waals surface area (Å²) in [6, 6.07) is 2.80. The number of anilines is 1. The quantitative estimate of drug-likeness (QED) is 0.494. The number of nitrogen functional groups attached to an aromatic ring is 1. The number of hydrogen-bond acceptors (Lipinski definition) is 2. The Morgan fingerprint density at radius 2 is 2.23 bits per heavy atom. The van der Waals surface area contributed by atoms with E-state index in [0.29, 0.717) is 5.56 Å². The van der Waals surface area contributed by atoms with E-state index in [0.717, 1.165) is 0 Å². The fourth-order valence-electron chi connectivity index (χ4n) is 1.05.